The van der Waals surface area contributed by atoms with Gasteiger partial charge in [-0.15, -0.1) is 0 Å². The van der Waals surface area contributed by atoms with Crippen LogP contribution < -0.4 is 5.32 Å². The lowest BCUT2D eigenvalue weighted by Crippen LogP contribution is -2.35. The lowest BCUT2D eigenvalue weighted by molar-refractivity contribution is 0.0745. The highest BCUT2D eigenvalue weighted by Gasteiger charge is 2.18. The van der Waals surface area contributed by atoms with Crippen LogP contribution in [0.2, 0.25) is 0 Å². The molecule has 1 atom stereocenters. The molecule has 1 unspecified atom stereocenters. The molecule has 94 valence electrons. The predicted octanol–water partition coefficient (Wildman–Crippen LogP) is 1.88. The molecule has 5 heteroatoms. The van der Waals surface area contributed by atoms with E-state index in [1.807, 2.05) is 6.07 Å². The monoisotopic (exact) mass is 247 g/mol. The van der Waals surface area contributed by atoms with E-state index in [2.05, 4.69) is 15.3 Å². The molecule has 2 aromatic rings. The molecule has 0 spiro atoms. The summed E-state index contributed by atoms with van der Waals surface area (Å²) in [5, 5.41) is 3.32. The van der Waals surface area contributed by atoms with Gasteiger partial charge in [-0.25, -0.2) is 9.37 Å². The number of nitrogens with one attached hydrogen (secondary N) is 2. The average Bonchev–Trinajstić information content (AvgIpc) is 2.89. The third-order valence-electron chi connectivity index (χ3n) is 2.98. The zero-order chi connectivity index (χ0) is 12.4. The van der Waals surface area contributed by atoms with E-state index >= 15 is 0 Å². The van der Waals surface area contributed by atoms with Crippen molar-refractivity contribution in [1.29, 1.82) is 0 Å². The van der Waals surface area contributed by atoms with E-state index in [1.54, 1.807) is 12.3 Å². The molecule has 0 radical (unpaired) electrons. The number of benzene rings is 1. The van der Waals surface area contributed by atoms with Crippen LogP contribution in [0.15, 0.2) is 30.5 Å². The molecule has 3 rings (SSSR count). The van der Waals surface area contributed by atoms with Crippen LogP contribution in [-0.2, 0) is 4.74 Å². The second kappa shape index (κ2) is 4.88. The van der Waals surface area contributed by atoms with Gasteiger partial charge in [0.05, 0.1) is 31.1 Å². The topological polar surface area (TPSA) is 49.9 Å². The standard InChI is InChI=1S/C13H14FN3O/c14-10-3-1-2-9(6-10)11-7-16-13(17-11)12-8-18-5-4-15-12/h1-3,6-7,12,15H,4-5,8H2,(H,16,17). The van der Waals surface area contributed by atoms with Crippen LogP contribution in [0.5, 0.6) is 0 Å². The Morgan fingerprint density at radius 3 is 3.11 bits per heavy atom. The van der Waals surface area contributed by atoms with Crippen molar-refractivity contribution >= 4 is 0 Å². The zero-order valence-corrected chi connectivity index (χ0v) is 9.82. The largest absolute Gasteiger partial charge is 0.378 e. The van der Waals surface area contributed by atoms with E-state index in [1.165, 1.54) is 12.1 Å². The Hall–Kier alpha value is -1.72. The van der Waals surface area contributed by atoms with Crippen molar-refractivity contribution in [1.82, 2.24) is 15.3 Å². The number of morpholine rings is 1. The molecule has 18 heavy (non-hydrogen) atoms. The Bertz CT molecular complexity index is 535. The quantitative estimate of drug-likeness (QED) is 0.851. The van der Waals surface area contributed by atoms with Crippen LogP contribution in [0.3, 0.4) is 0 Å². The molecular weight excluding hydrogens is 233 g/mol. The summed E-state index contributed by atoms with van der Waals surface area (Å²) in [7, 11) is 0. The second-order valence-electron chi connectivity index (χ2n) is 4.27. The van der Waals surface area contributed by atoms with Gasteiger partial charge in [0.25, 0.3) is 0 Å². The van der Waals surface area contributed by atoms with Gasteiger partial charge in [0.1, 0.15) is 11.6 Å². The van der Waals surface area contributed by atoms with Gasteiger partial charge in [0, 0.05) is 12.1 Å². The molecule has 0 bridgehead atoms. The van der Waals surface area contributed by atoms with E-state index in [0.29, 0.717) is 6.61 Å². The normalized spacial score (nSPS) is 19.9. The molecule has 2 heterocycles. The number of aromatic amines is 1. The van der Waals surface area contributed by atoms with Gasteiger partial charge in [0.2, 0.25) is 0 Å². The molecule has 1 saturated heterocycles. The van der Waals surface area contributed by atoms with Crippen LogP contribution in [0.25, 0.3) is 11.3 Å². The Balaban J connectivity index is 1.84. The van der Waals surface area contributed by atoms with Crippen LogP contribution in [0.1, 0.15) is 11.9 Å². The van der Waals surface area contributed by atoms with E-state index in [-0.39, 0.29) is 11.9 Å². The second-order valence-corrected chi connectivity index (χ2v) is 4.27. The SMILES string of the molecule is Fc1cccc(-c2cnc(C3COCCN3)[nH]2)c1. The molecular formula is C13H14FN3O. The van der Waals surface area contributed by atoms with Gasteiger partial charge in [0.15, 0.2) is 0 Å². The molecule has 1 fully saturated rings. The van der Waals surface area contributed by atoms with Gasteiger partial charge in [-0.3, -0.25) is 0 Å². The fourth-order valence-electron chi connectivity index (χ4n) is 2.06. The molecule has 4 nitrogen and oxygen atoms in total. The summed E-state index contributed by atoms with van der Waals surface area (Å²) in [6.45, 7) is 2.16. The molecule has 0 amide bonds. The maximum Gasteiger partial charge on any atom is 0.126 e. The van der Waals surface area contributed by atoms with E-state index in [4.69, 9.17) is 4.74 Å². The minimum absolute atomic E-state index is 0.0843. The van der Waals surface area contributed by atoms with Crippen LogP contribution >= 0.6 is 0 Å². The molecule has 1 aliphatic heterocycles. The van der Waals surface area contributed by atoms with Crippen LogP contribution in [0.4, 0.5) is 4.39 Å². The van der Waals surface area contributed by atoms with Crippen molar-refractivity contribution in [3.63, 3.8) is 0 Å². The van der Waals surface area contributed by atoms with Crippen molar-refractivity contribution < 1.29 is 9.13 Å². The molecule has 1 aromatic heterocycles. The lowest BCUT2D eigenvalue weighted by Gasteiger charge is -2.21. The average molecular weight is 247 g/mol. The first kappa shape index (κ1) is 11.4. The Kier molecular flexibility index (Phi) is 3.08. The van der Waals surface area contributed by atoms with Gasteiger partial charge < -0.3 is 15.0 Å². The maximum absolute atomic E-state index is 13.1. The molecule has 0 aliphatic carbocycles. The van der Waals surface area contributed by atoms with Crippen LogP contribution in [-0.4, -0.2) is 29.7 Å². The molecule has 0 saturated carbocycles. The van der Waals surface area contributed by atoms with Gasteiger partial charge >= 0.3 is 0 Å². The molecule has 1 aliphatic rings. The first-order valence-corrected chi connectivity index (χ1v) is 5.95. The fraction of sp³-hybridized carbons (Fsp3) is 0.308. The third-order valence-corrected chi connectivity index (χ3v) is 2.98. The first-order chi connectivity index (χ1) is 8.83. The fourth-order valence-corrected chi connectivity index (χ4v) is 2.06. The van der Waals surface area contributed by atoms with Crippen molar-refractivity contribution in [3.8, 4) is 11.3 Å². The summed E-state index contributed by atoms with van der Waals surface area (Å²) in [5.74, 6) is 0.580. The maximum atomic E-state index is 13.1. The van der Waals surface area contributed by atoms with E-state index in [9.17, 15) is 4.39 Å². The van der Waals surface area contributed by atoms with Gasteiger partial charge in [-0.1, -0.05) is 12.1 Å². The number of halogens is 1. The van der Waals surface area contributed by atoms with Crippen molar-refractivity contribution in [2.45, 2.75) is 6.04 Å². The summed E-state index contributed by atoms with van der Waals surface area (Å²) in [5.41, 5.74) is 1.61. The number of hydrogen-bond acceptors (Lipinski definition) is 3. The highest BCUT2D eigenvalue weighted by Crippen LogP contribution is 2.20. The van der Waals surface area contributed by atoms with Crippen molar-refractivity contribution in [2.75, 3.05) is 19.8 Å². The van der Waals surface area contributed by atoms with E-state index < -0.39 is 0 Å². The number of hydrogen-bond donors (Lipinski definition) is 2. The minimum atomic E-state index is -0.247. The first-order valence-electron chi connectivity index (χ1n) is 5.95. The zero-order valence-electron chi connectivity index (χ0n) is 9.82. The smallest absolute Gasteiger partial charge is 0.126 e. The molecule has 1 aromatic carbocycles. The number of nitrogens with zero attached hydrogens (tertiary/aromatic N) is 1. The van der Waals surface area contributed by atoms with E-state index in [0.717, 1.165) is 30.2 Å². The van der Waals surface area contributed by atoms with Crippen molar-refractivity contribution in [2.24, 2.45) is 0 Å². The third kappa shape index (κ3) is 2.27. The molecule has 2 N–H and O–H groups in total. The summed E-state index contributed by atoms with van der Waals surface area (Å²) >= 11 is 0. The van der Waals surface area contributed by atoms with Crippen LogP contribution in [0, 0.1) is 5.82 Å². The minimum Gasteiger partial charge on any atom is -0.378 e. The number of rotatable bonds is 2. The Labute approximate surface area is 104 Å². The van der Waals surface area contributed by atoms with Crippen molar-refractivity contribution in [3.05, 3.63) is 42.1 Å². The Morgan fingerprint density at radius 1 is 1.39 bits per heavy atom. The summed E-state index contributed by atoms with van der Waals surface area (Å²) in [4.78, 5) is 7.53. The highest BCUT2D eigenvalue weighted by atomic mass is 19.1. The number of aromatic nitrogens is 2. The van der Waals surface area contributed by atoms with Gasteiger partial charge in [-0.05, 0) is 12.1 Å². The van der Waals surface area contributed by atoms with Gasteiger partial charge in [-0.2, -0.15) is 0 Å². The number of imidazole rings is 1. The number of H-pyrrole nitrogens is 1. The summed E-state index contributed by atoms with van der Waals surface area (Å²) in [6, 6.07) is 6.54. The summed E-state index contributed by atoms with van der Waals surface area (Å²) in [6.07, 6.45) is 1.72. The predicted molar refractivity (Wildman–Crippen MR) is 65.5 cm³/mol. The summed E-state index contributed by atoms with van der Waals surface area (Å²) < 4.78 is 18.5. The Morgan fingerprint density at radius 2 is 2.33 bits per heavy atom. The lowest BCUT2D eigenvalue weighted by atomic mass is 10.2. The number of ether oxygens (including phenoxy) is 1. The highest BCUT2D eigenvalue weighted by molar-refractivity contribution is 5.58.